The van der Waals surface area contributed by atoms with Crippen LogP contribution in [0, 0.1) is 27.7 Å². The highest BCUT2D eigenvalue weighted by atomic mass is 16.6. The van der Waals surface area contributed by atoms with E-state index in [9.17, 15) is 9.59 Å². The third kappa shape index (κ3) is 5.05. The Morgan fingerprint density at radius 1 is 1.06 bits per heavy atom. The average molecular weight is 424 g/mol. The van der Waals surface area contributed by atoms with Gasteiger partial charge in [0.2, 0.25) is 5.78 Å². The van der Waals surface area contributed by atoms with Crippen LogP contribution in [0.2, 0.25) is 0 Å². The van der Waals surface area contributed by atoms with E-state index in [2.05, 4.69) is 19.0 Å². The largest absolute Gasteiger partial charge is 0.482 e. The number of carbonyl (C=O) groups is 2. The van der Waals surface area contributed by atoms with Gasteiger partial charge in [0.25, 0.3) is 0 Å². The lowest BCUT2D eigenvalue weighted by Crippen LogP contribution is -2.20. The van der Waals surface area contributed by atoms with Gasteiger partial charge in [-0.3, -0.25) is 9.36 Å². The summed E-state index contributed by atoms with van der Waals surface area (Å²) in [5, 5.41) is 4.01. The lowest BCUT2D eigenvalue weighted by Gasteiger charge is -2.14. The van der Waals surface area contributed by atoms with E-state index in [1.807, 2.05) is 43.5 Å². The molecule has 0 atom stereocenters. The predicted octanol–water partition coefficient (Wildman–Crippen LogP) is 4.63. The molecule has 0 N–H and O–H groups in total. The molecule has 3 aromatic rings. The third-order valence-electron chi connectivity index (χ3n) is 5.08. The fourth-order valence-electron chi connectivity index (χ4n) is 3.50. The van der Waals surface area contributed by atoms with Gasteiger partial charge < -0.3 is 14.0 Å². The third-order valence-corrected chi connectivity index (χ3v) is 5.08. The monoisotopic (exact) mass is 424 g/mol. The second-order valence-corrected chi connectivity index (χ2v) is 7.98. The van der Waals surface area contributed by atoms with Crippen molar-refractivity contribution in [2.45, 2.75) is 47.5 Å². The molecule has 0 saturated carbocycles. The summed E-state index contributed by atoms with van der Waals surface area (Å²) in [5.74, 6) is 1.33. The minimum Gasteiger partial charge on any atom is -0.482 e. The Balaban J connectivity index is 1.62. The molecule has 7 nitrogen and oxygen atoms in total. The first kappa shape index (κ1) is 22.3. The van der Waals surface area contributed by atoms with Crippen molar-refractivity contribution in [3.8, 4) is 11.6 Å². The van der Waals surface area contributed by atoms with Crippen molar-refractivity contribution >= 4 is 11.8 Å². The predicted molar refractivity (Wildman–Crippen MR) is 116 cm³/mol. The van der Waals surface area contributed by atoms with Crippen LogP contribution in [-0.2, 0) is 9.53 Å². The molecule has 2 aromatic heterocycles. The maximum absolute atomic E-state index is 12.7. The van der Waals surface area contributed by atoms with Crippen LogP contribution in [-0.4, -0.2) is 34.7 Å². The molecule has 0 aliphatic rings. The van der Waals surface area contributed by atoms with Gasteiger partial charge in [-0.05, 0) is 56.9 Å². The van der Waals surface area contributed by atoms with Crippen molar-refractivity contribution in [3.05, 3.63) is 64.2 Å². The number of aromatic nitrogens is 2. The van der Waals surface area contributed by atoms with Crippen molar-refractivity contribution in [3.63, 3.8) is 0 Å². The van der Waals surface area contributed by atoms with Gasteiger partial charge in [0, 0.05) is 23.0 Å². The molecule has 0 aliphatic heterocycles. The summed E-state index contributed by atoms with van der Waals surface area (Å²) in [6, 6.07) is 9.45. The highest BCUT2D eigenvalue weighted by Crippen LogP contribution is 2.27. The minimum atomic E-state index is -0.592. The van der Waals surface area contributed by atoms with Gasteiger partial charge in [0.1, 0.15) is 11.5 Å². The van der Waals surface area contributed by atoms with Crippen molar-refractivity contribution < 1.29 is 23.6 Å². The Bertz CT molecular complexity index is 1110. The number of hydrogen-bond donors (Lipinski definition) is 0. The summed E-state index contributed by atoms with van der Waals surface area (Å²) in [4.78, 5) is 24.8. The quantitative estimate of drug-likeness (QED) is 0.387. The Morgan fingerprint density at radius 3 is 2.45 bits per heavy atom. The van der Waals surface area contributed by atoms with E-state index in [0.717, 1.165) is 16.8 Å². The molecule has 0 saturated heterocycles. The molecule has 0 unspecified atom stereocenters. The van der Waals surface area contributed by atoms with Crippen LogP contribution in [0.5, 0.6) is 5.75 Å². The molecule has 1 aromatic carbocycles. The molecule has 164 valence electrons. The first-order valence-corrected chi connectivity index (χ1v) is 10.2. The summed E-state index contributed by atoms with van der Waals surface area (Å²) in [7, 11) is 0. The van der Waals surface area contributed by atoms with Crippen LogP contribution >= 0.6 is 0 Å². The molecule has 0 fully saturated rings. The summed E-state index contributed by atoms with van der Waals surface area (Å²) in [6.07, 6.45) is 0. The Kier molecular flexibility index (Phi) is 6.63. The molecule has 31 heavy (non-hydrogen) atoms. The molecule has 7 heteroatoms. The standard InChI is InChI=1S/C24H28N2O5/c1-14(2)19-8-7-15(3)9-22(19)29-13-24(28)30-12-21(27)20-10-16(4)26(18(20)6)23-11-17(5)31-25-23/h7-11,14H,12-13H2,1-6H3. The van der Waals surface area contributed by atoms with Crippen molar-refractivity contribution in [2.75, 3.05) is 13.2 Å². The number of nitrogens with zero attached hydrogens (tertiary/aromatic N) is 2. The van der Waals surface area contributed by atoms with E-state index in [1.165, 1.54) is 0 Å². The number of carbonyl (C=O) groups excluding carboxylic acids is 2. The molecule has 0 bridgehead atoms. The maximum Gasteiger partial charge on any atom is 0.344 e. The minimum absolute atomic E-state index is 0.256. The van der Waals surface area contributed by atoms with E-state index in [0.29, 0.717) is 28.6 Å². The van der Waals surface area contributed by atoms with Gasteiger partial charge in [-0.25, -0.2) is 4.79 Å². The van der Waals surface area contributed by atoms with Gasteiger partial charge in [-0.15, -0.1) is 0 Å². The Hall–Kier alpha value is -3.35. The number of ether oxygens (including phenoxy) is 2. The number of rotatable bonds is 8. The summed E-state index contributed by atoms with van der Waals surface area (Å²) < 4.78 is 17.8. The Labute approximate surface area is 181 Å². The zero-order chi connectivity index (χ0) is 22.7. The fraction of sp³-hybridized carbons (Fsp3) is 0.375. The molecule has 0 aliphatic carbocycles. The average Bonchev–Trinajstić information content (AvgIpc) is 3.26. The number of ketones is 1. The van der Waals surface area contributed by atoms with Gasteiger partial charge in [-0.1, -0.05) is 31.1 Å². The zero-order valence-electron chi connectivity index (χ0n) is 18.8. The van der Waals surface area contributed by atoms with Crippen LogP contribution < -0.4 is 4.74 Å². The van der Waals surface area contributed by atoms with Gasteiger partial charge in [0.15, 0.2) is 19.0 Å². The summed E-state index contributed by atoms with van der Waals surface area (Å²) in [6.45, 7) is 11.0. The maximum atomic E-state index is 12.7. The number of aryl methyl sites for hydroxylation is 3. The van der Waals surface area contributed by atoms with E-state index < -0.39 is 5.97 Å². The first-order valence-electron chi connectivity index (χ1n) is 10.2. The lowest BCUT2D eigenvalue weighted by atomic mass is 10.0. The summed E-state index contributed by atoms with van der Waals surface area (Å²) >= 11 is 0. The number of hydrogen-bond acceptors (Lipinski definition) is 6. The highest BCUT2D eigenvalue weighted by Gasteiger charge is 2.20. The van der Waals surface area contributed by atoms with Gasteiger partial charge >= 0.3 is 5.97 Å². The van der Waals surface area contributed by atoms with Crippen LogP contribution in [0.15, 0.2) is 34.9 Å². The molecule has 0 radical (unpaired) electrons. The van der Waals surface area contributed by atoms with Crippen molar-refractivity contribution in [1.29, 1.82) is 0 Å². The second kappa shape index (κ2) is 9.20. The molecule has 3 rings (SSSR count). The van der Waals surface area contributed by atoms with Crippen molar-refractivity contribution in [2.24, 2.45) is 0 Å². The number of esters is 1. The molecule has 2 heterocycles. The first-order chi connectivity index (χ1) is 14.7. The van der Waals surface area contributed by atoms with E-state index >= 15 is 0 Å². The van der Waals surface area contributed by atoms with Gasteiger partial charge in [0.05, 0.1) is 0 Å². The molecule has 0 amide bonds. The number of Topliss-reactive ketones (excluding diaryl/α,β-unsaturated/α-hetero) is 1. The van der Waals surface area contributed by atoms with Crippen LogP contribution in [0.4, 0.5) is 0 Å². The van der Waals surface area contributed by atoms with E-state index in [4.69, 9.17) is 14.0 Å². The molecular formula is C24H28N2O5. The second-order valence-electron chi connectivity index (χ2n) is 7.98. The van der Waals surface area contributed by atoms with E-state index in [1.54, 1.807) is 19.1 Å². The van der Waals surface area contributed by atoms with Crippen LogP contribution in [0.25, 0.3) is 5.82 Å². The summed E-state index contributed by atoms with van der Waals surface area (Å²) in [5.41, 5.74) is 4.09. The van der Waals surface area contributed by atoms with Crippen LogP contribution in [0.3, 0.4) is 0 Å². The molecular weight excluding hydrogens is 396 g/mol. The normalized spacial score (nSPS) is 11.1. The topological polar surface area (TPSA) is 83.6 Å². The van der Waals surface area contributed by atoms with Gasteiger partial charge in [-0.2, -0.15) is 0 Å². The number of benzene rings is 1. The highest BCUT2D eigenvalue weighted by molar-refractivity contribution is 5.99. The molecule has 0 spiro atoms. The zero-order valence-corrected chi connectivity index (χ0v) is 18.8. The Morgan fingerprint density at radius 2 is 1.81 bits per heavy atom. The lowest BCUT2D eigenvalue weighted by molar-refractivity contribution is -0.144. The fourth-order valence-corrected chi connectivity index (χ4v) is 3.50. The SMILES string of the molecule is Cc1ccc(C(C)C)c(OCC(=O)OCC(=O)c2cc(C)n(-c3cc(C)on3)c2C)c1. The van der Waals surface area contributed by atoms with Crippen molar-refractivity contribution in [1.82, 2.24) is 9.72 Å². The smallest absolute Gasteiger partial charge is 0.344 e. The van der Waals surface area contributed by atoms with E-state index in [-0.39, 0.29) is 24.9 Å². The van der Waals surface area contributed by atoms with Crippen LogP contribution in [0.1, 0.15) is 58.4 Å².